The molecule has 0 aliphatic heterocycles. The van der Waals surface area contributed by atoms with Gasteiger partial charge < -0.3 is 19.5 Å². The molecule has 2 radical (unpaired) electrons. The molecule has 0 saturated carbocycles. The molecule has 6 heteroatoms. The second-order valence-corrected chi connectivity index (χ2v) is 25.6. The summed E-state index contributed by atoms with van der Waals surface area (Å²) in [5.74, 6) is 0. The largest absolute Gasteiger partial charge is 0.427 e. The van der Waals surface area contributed by atoms with E-state index in [1.807, 2.05) is 70.4 Å². The summed E-state index contributed by atoms with van der Waals surface area (Å²) in [6, 6.07) is 55.9. The summed E-state index contributed by atoms with van der Waals surface area (Å²) < 4.78 is 13.2. The van der Waals surface area contributed by atoms with Gasteiger partial charge >= 0.3 is 15.0 Å². The Morgan fingerprint density at radius 2 is 0.705 bits per heavy atom. The maximum atomic E-state index is 11.2. The first-order valence-electron chi connectivity index (χ1n) is 29.7. The Bertz CT molecular complexity index is 3000. The van der Waals surface area contributed by atoms with Crippen LogP contribution in [0.5, 0.6) is 0 Å². The second kappa shape index (κ2) is 21.5. The fourth-order valence-electron chi connectivity index (χ4n) is 13.2. The van der Waals surface area contributed by atoms with Crippen molar-refractivity contribution in [2.75, 3.05) is 0 Å². The number of hydrogen-bond acceptors (Lipinski definition) is 4. The predicted octanol–water partition coefficient (Wildman–Crippen LogP) is 14.5. The van der Waals surface area contributed by atoms with Gasteiger partial charge in [0.25, 0.3) is 0 Å². The van der Waals surface area contributed by atoms with E-state index in [2.05, 4.69) is 146 Å². The van der Waals surface area contributed by atoms with Gasteiger partial charge in [-0.3, -0.25) is 0 Å². The Balaban J connectivity index is 0.814. The van der Waals surface area contributed by atoms with Crippen LogP contribution in [0.2, 0.25) is 0 Å². The Hall–Kier alpha value is -5.49. The first kappa shape index (κ1) is 54.5. The molecular formula is C72H82B2O4. The molecule has 2 N–H and O–H groups in total. The molecule has 11 rings (SSSR count). The number of benzene rings is 7. The van der Waals surface area contributed by atoms with Crippen LogP contribution in [0.1, 0.15) is 186 Å². The number of aryl methyl sites for hydroxylation is 6. The number of fused-ring (bicyclic) bond motifs is 8. The molecule has 7 aromatic rings. The lowest BCUT2D eigenvalue weighted by Crippen LogP contribution is -2.50. The van der Waals surface area contributed by atoms with E-state index in [0.29, 0.717) is 0 Å². The quantitative estimate of drug-likeness (QED) is 0.0468. The molecule has 0 heterocycles. The predicted molar refractivity (Wildman–Crippen MR) is 325 cm³/mol. The Kier molecular flexibility index (Phi) is 15.0. The minimum Gasteiger partial charge on any atom is -0.427 e. The summed E-state index contributed by atoms with van der Waals surface area (Å²) >= 11 is 0. The molecule has 0 amide bonds. The van der Waals surface area contributed by atoms with Crippen LogP contribution in [-0.2, 0) is 58.7 Å². The summed E-state index contributed by atoms with van der Waals surface area (Å²) in [5.41, 5.74) is 20.7. The van der Waals surface area contributed by atoms with Crippen molar-refractivity contribution in [3.8, 4) is 22.3 Å². The number of unbranched alkanes of at least 4 members (excludes halogenated alkanes) is 6. The van der Waals surface area contributed by atoms with Gasteiger partial charge in [0.1, 0.15) is 0 Å². The Labute approximate surface area is 469 Å². The average molecular weight is 1030 g/mol. The van der Waals surface area contributed by atoms with Crippen molar-refractivity contribution in [2.24, 2.45) is 0 Å². The molecule has 78 heavy (non-hydrogen) atoms. The van der Waals surface area contributed by atoms with Crippen molar-refractivity contribution in [3.05, 3.63) is 212 Å². The van der Waals surface area contributed by atoms with Crippen LogP contribution in [0.4, 0.5) is 0 Å². The highest BCUT2D eigenvalue weighted by molar-refractivity contribution is 6.50. The molecule has 0 bridgehead atoms. The summed E-state index contributed by atoms with van der Waals surface area (Å²) in [7, 11) is 3.81. The summed E-state index contributed by atoms with van der Waals surface area (Å²) in [4.78, 5) is 0. The molecule has 0 aromatic heterocycles. The maximum Gasteiger partial charge on any atom is 0.331 e. The zero-order valence-corrected chi connectivity index (χ0v) is 48.0. The third-order valence-corrected chi connectivity index (χ3v) is 19.7. The highest BCUT2D eigenvalue weighted by atomic mass is 16.5. The Morgan fingerprint density at radius 1 is 0.385 bits per heavy atom. The first-order valence-corrected chi connectivity index (χ1v) is 29.7. The van der Waals surface area contributed by atoms with Gasteiger partial charge in [-0.2, -0.15) is 0 Å². The maximum absolute atomic E-state index is 11.2. The smallest absolute Gasteiger partial charge is 0.331 e. The molecule has 4 nitrogen and oxygen atoms in total. The standard InChI is InChI=1S/C72H82B2O4/c1-67(2,75)69(5,6)77-73-65-47-54(26-14-10-12-24-44-72(56-42-40-50-36-38-52(50)46-56)63-33-21-17-29-59(63)60-30-18-22-34-64(60)72)66(74-78-70(7,8)68(3,4)76)48-53(65)25-13-9-11-23-43-71(55-41-39-49-35-37-51(49)45-55)61-31-19-15-27-57(61)58-28-16-20-32-62(58)71/h15-22,27-34,39-42,45-48,75-76H,9-14,23-26,35-38,43-44H2,1-8H3. The average Bonchev–Trinajstić information content (AvgIpc) is 3.52. The zero-order chi connectivity index (χ0) is 54.5. The van der Waals surface area contributed by atoms with Crippen LogP contribution in [0.15, 0.2) is 146 Å². The fourth-order valence-corrected chi connectivity index (χ4v) is 13.2. The van der Waals surface area contributed by atoms with Crippen molar-refractivity contribution in [1.29, 1.82) is 0 Å². The van der Waals surface area contributed by atoms with Gasteiger partial charge in [-0.25, -0.2) is 0 Å². The minimum atomic E-state index is -1.06. The van der Waals surface area contributed by atoms with Crippen LogP contribution in [0, 0.1) is 0 Å². The highest BCUT2D eigenvalue weighted by Gasteiger charge is 2.46. The summed E-state index contributed by atoms with van der Waals surface area (Å²) in [6.07, 6.45) is 17.4. The lowest BCUT2D eigenvalue weighted by Gasteiger charge is -2.38. The second-order valence-electron chi connectivity index (χ2n) is 25.6. The zero-order valence-electron chi connectivity index (χ0n) is 48.0. The van der Waals surface area contributed by atoms with Crippen molar-refractivity contribution < 1.29 is 19.5 Å². The summed E-state index contributed by atoms with van der Waals surface area (Å²) in [6.45, 7) is 15.1. The molecule has 7 aromatic carbocycles. The van der Waals surface area contributed by atoms with Crippen LogP contribution in [0.3, 0.4) is 0 Å². The van der Waals surface area contributed by atoms with E-state index in [9.17, 15) is 10.2 Å². The van der Waals surface area contributed by atoms with E-state index in [4.69, 9.17) is 9.31 Å². The van der Waals surface area contributed by atoms with Gasteiger partial charge in [0.05, 0.1) is 22.4 Å². The van der Waals surface area contributed by atoms with E-state index in [-0.39, 0.29) is 10.8 Å². The third kappa shape index (κ3) is 10.0. The molecule has 0 spiro atoms. The van der Waals surface area contributed by atoms with Gasteiger partial charge in [-0.15, -0.1) is 0 Å². The van der Waals surface area contributed by atoms with Crippen molar-refractivity contribution >= 4 is 25.9 Å². The molecule has 0 saturated heterocycles. The van der Waals surface area contributed by atoms with Crippen LogP contribution in [0.25, 0.3) is 22.3 Å². The molecule has 0 atom stereocenters. The SMILES string of the molecule is CC(C)(O)C(C)(C)O[B]c1cc(CCCCCCC2(c3ccc4c(c3)CC4)c3ccccc3-c3ccccc32)c([B]OC(C)(C)C(C)(C)O)cc1CCCCCCC1(c2ccc3c(c2)CC3)c2ccccc2-c2ccccc21. The fraction of sp³-hybridized carbons (Fsp3) is 0.417. The van der Waals surface area contributed by atoms with Crippen molar-refractivity contribution in [3.63, 3.8) is 0 Å². The van der Waals surface area contributed by atoms with Crippen molar-refractivity contribution in [2.45, 2.75) is 191 Å². The minimum absolute atomic E-state index is 0.165. The van der Waals surface area contributed by atoms with Gasteiger partial charge in [0.2, 0.25) is 0 Å². The number of hydrogen-bond donors (Lipinski definition) is 2. The third-order valence-electron chi connectivity index (χ3n) is 19.7. The molecule has 0 unspecified atom stereocenters. The van der Waals surface area contributed by atoms with Gasteiger partial charge in [0.15, 0.2) is 0 Å². The highest BCUT2D eigenvalue weighted by Crippen LogP contribution is 2.57. The van der Waals surface area contributed by atoms with Gasteiger partial charge in [-0.05, 0) is 197 Å². The molecule has 0 fully saturated rings. The van der Waals surface area contributed by atoms with E-state index in [1.54, 1.807) is 0 Å². The topological polar surface area (TPSA) is 58.9 Å². The normalized spacial score (nSPS) is 15.5. The summed E-state index contributed by atoms with van der Waals surface area (Å²) in [5, 5.41) is 22.4. The number of aliphatic hydroxyl groups is 2. The van der Waals surface area contributed by atoms with Gasteiger partial charge in [-0.1, -0.05) is 206 Å². The van der Waals surface area contributed by atoms with E-state index in [0.717, 1.165) is 88.0 Å². The number of rotatable bonds is 24. The molecule has 4 aliphatic carbocycles. The van der Waals surface area contributed by atoms with E-state index in [1.165, 1.54) is 115 Å². The van der Waals surface area contributed by atoms with E-state index < -0.39 is 22.4 Å². The van der Waals surface area contributed by atoms with Crippen LogP contribution >= 0.6 is 0 Å². The molecule has 4 aliphatic rings. The molecular weight excluding hydrogens is 950 g/mol. The Morgan fingerprint density at radius 3 is 1.01 bits per heavy atom. The lowest BCUT2D eigenvalue weighted by atomic mass is 9.68. The molecule has 400 valence electrons. The first-order chi connectivity index (χ1) is 37.4. The van der Waals surface area contributed by atoms with Crippen LogP contribution < -0.4 is 10.9 Å². The van der Waals surface area contributed by atoms with E-state index >= 15 is 0 Å². The van der Waals surface area contributed by atoms with Crippen LogP contribution in [-0.4, -0.2) is 47.6 Å². The monoisotopic (exact) mass is 1030 g/mol. The van der Waals surface area contributed by atoms with Crippen molar-refractivity contribution in [1.82, 2.24) is 0 Å². The van der Waals surface area contributed by atoms with Gasteiger partial charge in [0, 0.05) is 10.8 Å². The lowest BCUT2D eigenvalue weighted by molar-refractivity contribution is -0.0893.